The minimum Gasteiger partial charge on any atom is -0.493 e. The number of hydrogen-bond acceptors (Lipinski definition) is 3. The van der Waals surface area contributed by atoms with Crippen LogP contribution in [0.1, 0.15) is 12.5 Å². The smallest absolute Gasteiger partial charge is 0.306 e. The van der Waals surface area contributed by atoms with Gasteiger partial charge in [0.1, 0.15) is 0 Å². The molecule has 0 radical (unpaired) electrons. The van der Waals surface area contributed by atoms with E-state index in [-0.39, 0.29) is 23.5 Å². The number of aliphatic carboxylic acids is 1. The zero-order valence-electron chi connectivity index (χ0n) is 10.3. The summed E-state index contributed by atoms with van der Waals surface area (Å²) in [6.45, 7) is 1.52. The van der Waals surface area contributed by atoms with E-state index in [0.29, 0.717) is 4.47 Å². The van der Waals surface area contributed by atoms with Crippen LogP contribution in [0.4, 0.5) is 4.39 Å². The van der Waals surface area contributed by atoms with Crippen LogP contribution in [0.3, 0.4) is 0 Å². The second-order valence-electron chi connectivity index (χ2n) is 3.83. The molecule has 100 valence electrons. The van der Waals surface area contributed by atoms with Crippen molar-refractivity contribution in [3.05, 3.63) is 21.9 Å². The highest BCUT2D eigenvalue weighted by Crippen LogP contribution is 2.37. The van der Waals surface area contributed by atoms with Crippen molar-refractivity contribution in [2.24, 2.45) is 5.92 Å². The minimum atomic E-state index is -0.976. The molecule has 0 aliphatic rings. The Kier molecular flexibility index (Phi) is 4.95. The van der Waals surface area contributed by atoms with Crippen molar-refractivity contribution >= 4 is 21.9 Å². The molecule has 0 aliphatic heterocycles. The van der Waals surface area contributed by atoms with E-state index in [1.165, 1.54) is 21.1 Å². The van der Waals surface area contributed by atoms with Crippen molar-refractivity contribution in [3.63, 3.8) is 0 Å². The van der Waals surface area contributed by atoms with Crippen LogP contribution in [0, 0.1) is 11.7 Å². The number of methoxy groups -OCH3 is 2. The van der Waals surface area contributed by atoms with Crippen LogP contribution < -0.4 is 9.47 Å². The summed E-state index contributed by atoms with van der Waals surface area (Å²) in [5, 5.41) is 8.86. The second-order valence-corrected chi connectivity index (χ2v) is 4.68. The predicted octanol–water partition coefficient (Wildman–Crippen LogP) is 2.87. The summed E-state index contributed by atoms with van der Waals surface area (Å²) in [4.78, 5) is 10.8. The van der Waals surface area contributed by atoms with Crippen molar-refractivity contribution < 1.29 is 23.8 Å². The summed E-state index contributed by atoms with van der Waals surface area (Å²) in [6.07, 6.45) is 0.0715. The molecule has 0 saturated heterocycles. The molecule has 1 N–H and O–H groups in total. The Morgan fingerprint density at radius 3 is 2.56 bits per heavy atom. The van der Waals surface area contributed by atoms with Gasteiger partial charge in [-0.25, -0.2) is 4.39 Å². The van der Waals surface area contributed by atoms with Crippen LogP contribution in [0.5, 0.6) is 11.5 Å². The quantitative estimate of drug-likeness (QED) is 0.906. The third kappa shape index (κ3) is 2.93. The van der Waals surface area contributed by atoms with Crippen LogP contribution >= 0.6 is 15.9 Å². The lowest BCUT2D eigenvalue weighted by Crippen LogP contribution is -2.14. The third-order valence-electron chi connectivity index (χ3n) is 2.59. The number of carbonyl (C=O) groups is 1. The molecule has 0 aliphatic carbocycles. The molecule has 18 heavy (non-hydrogen) atoms. The molecular formula is C12H14BrFO4. The second kappa shape index (κ2) is 6.04. The molecule has 0 saturated carbocycles. The van der Waals surface area contributed by atoms with Crippen LogP contribution in [0.25, 0.3) is 0 Å². The van der Waals surface area contributed by atoms with Crippen molar-refractivity contribution in [3.8, 4) is 11.5 Å². The minimum absolute atomic E-state index is 0.0201. The summed E-state index contributed by atoms with van der Waals surface area (Å²) in [6, 6.07) is 1.56. The van der Waals surface area contributed by atoms with Gasteiger partial charge in [0.05, 0.1) is 20.1 Å². The Morgan fingerprint density at radius 1 is 1.50 bits per heavy atom. The lowest BCUT2D eigenvalue weighted by atomic mass is 10.0. The summed E-state index contributed by atoms with van der Waals surface area (Å²) < 4.78 is 24.6. The molecule has 4 nitrogen and oxygen atoms in total. The number of carboxylic acid groups (broad SMARTS) is 1. The van der Waals surface area contributed by atoms with Gasteiger partial charge in [0.15, 0.2) is 17.3 Å². The monoisotopic (exact) mass is 320 g/mol. The molecule has 1 unspecified atom stereocenters. The zero-order valence-corrected chi connectivity index (χ0v) is 11.9. The van der Waals surface area contributed by atoms with Gasteiger partial charge in [0.2, 0.25) is 0 Å². The first-order chi connectivity index (χ1) is 8.42. The van der Waals surface area contributed by atoms with Gasteiger partial charge in [-0.2, -0.15) is 0 Å². The van der Waals surface area contributed by atoms with E-state index < -0.39 is 17.7 Å². The summed E-state index contributed by atoms with van der Waals surface area (Å²) >= 11 is 3.21. The van der Waals surface area contributed by atoms with Crippen LogP contribution in [0.15, 0.2) is 10.5 Å². The zero-order chi connectivity index (χ0) is 13.9. The highest BCUT2D eigenvalue weighted by Gasteiger charge is 2.22. The molecule has 0 bridgehead atoms. The maximum Gasteiger partial charge on any atom is 0.306 e. The van der Waals surface area contributed by atoms with Crippen molar-refractivity contribution in [2.75, 3.05) is 14.2 Å². The van der Waals surface area contributed by atoms with E-state index >= 15 is 0 Å². The molecule has 1 atom stereocenters. The normalized spacial score (nSPS) is 12.1. The maximum absolute atomic E-state index is 14.2. The highest BCUT2D eigenvalue weighted by atomic mass is 79.9. The molecule has 0 amide bonds. The van der Waals surface area contributed by atoms with Gasteiger partial charge in [0.25, 0.3) is 0 Å². The first kappa shape index (κ1) is 14.8. The van der Waals surface area contributed by atoms with E-state index in [9.17, 15) is 9.18 Å². The van der Waals surface area contributed by atoms with Crippen molar-refractivity contribution in [2.45, 2.75) is 13.3 Å². The lowest BCUT2D eigenvalue weighted by Gasteiger charge is -2.15. The van der Waals surface area contributed by atoms with Gasteiger partial charge in [-0.3, -0.25) is 4.79 Å². The fourth-order valence-corrected chi connectivity index (χ4v) is 2.08. The molecule has 1 aromatic rings. The first-order valence-corrected chi connectivity index (χ1v) is 6.03. The van der Waals surface area contributed by atoms with E-state index in [4.69, 9.17) is 14.6 Å². The van der Waals surface area contributed by atoms with Gasteiger partial charge >= 0.3 is 5.97 Å². The maximum atomic E-state index is 14.2. The van der Waals surface area contributed by atoms with Gasteiger partial charge in [0, 0.05) is 10.0 Å². The van der Waals surface area contributed by atoms with Crippen molar-refractivity contribution in [1.29, 1.82) is 0 Å². The Bertz CT molecular complexity index is 462. The standard InChI is InChI=1S/C12H14BrFO4/c1-6(12(15)16)4-7-8(13)5-9(17-2)11(18-3)10(7)14/h5-6H,4H2,1-3H3,(H,15,16). The summed E-state index contributed by atoms with van der Waals surface area (Å²) in [7, 11) is 2.74. The van der Waals surface area contributed by atoms with E-state index in [1.54, 1.807) is 6.07 Å². The van der Waals surface area contributed by atoms with Crippen molar-refractivity contribution in [1.82, 2.24) is 0 Å². The largest absolute Gasteiger partial charge is 0.493 e. The third-order valence-corrected chi connectivity index (χ3v) is 3.30. The van der Waals surface area contributed by atoms with Gasteiger partial charge in [-0.05, 0) is 12.5 Å². The van der Waals surface area contributed by atoms with E-state index in [1.807, 2.05) is 0 Å². The molecule has 6 heteroatoms. The molecule has 0 heterocycles. The van der Waals surface area contributed by atoms with E-state index in [0.717, 1.165) is 0 Å². The summed E-state index contributed by atoms with van der Waals surface area (Å²) in [5.74, 6) is -2.02. The number of carboxylic acids is 1. The SMILES string of the molecule is COc1cc(Br)c(CC(C)C(=O)O)c(F)c1OC. The summed E-state index contributed by atoms with van der Waals surface area (Å²) in [5.41, 5.74) is 0.266. The van der Waals surface area contributed by atoms with E-state index in [2.05, 4.69) is 15.9 Å². The molecule has 0 fully saturated rings. The molecule has 1 rings (SSSR count). The average Bonchev–Trinajstić information content (AvgIpc) is 2.33. The van der Waals surface area contributed by atoms with Crippen LogP contribution in [0.2, 0.25) is 0 Å². The fraction of sp³-hybridized carbons (Fsp3) is 0.417. The molecule has 0 aromatic heterocycles. The van der Waals surface area contributed by atoms with Gasteiger partial charge in [-0.15, -0.1) is 0 Å². The first-order valence-electron chi connectivity index (χ1n) is 5.24. The fourth-order valence-electron chi connectivity index (χ4n) is 1.54. The topological polar surface area (TPSA) is 55.8 Å². The Balaban J connectivity index is 3.24. The number of rotatable bonds is 5. The van der Waals surface area contributed by atoms with Gasteiger partial charge in [-0.1, -0.05) is 22.9 Å². The molecule has 1 aromatic carbocycles. The lowest BCUT2D eigenvalue weighted by molar-refractivity contribution is -0.141. The van der Waals surface area contributed by atoms with Crippen LogP contribution in [-0.2, 0) is 11.2 Å². The average molecular weight is 321 g/mol. The Labute approximate surface area is 113 Å². The Hall–Kier alpha value is -1.30. The number of ether oxygens (including phenoxy) is 2. The molecular weight excluding hydrogens is 307 g/mol. The number of hydrogen-bond donors (Lipinski definition) is 1. The van der Waals surface area contributed by atoms with Gasteiger partial charge < -0.3 is 14.6 Å². The number of benzene rings is 1. The Morgan fingerprint density at radius 2 is 2.11 bits per heavy atom. The predicted molar refractivity (Wildman–Crippen MR) is 67.7 cm³/mol. The number of halogens is 2. The highest BCUT2D eigenvalue weighted by molar-refractivity contribution is 9.10. The molecule has 0 spiro atoms. The van der Waals surface area contributed by atoms with Crippen LogP contribution in [-0.4, -0.2) is 25.3 Å².